The van der Waals surface area contributed by atoms with Crippen molar-refractivity contribution in [1.82, 2.24) is 9.55 Å². The summed E-state index contributed by atoms with van der Waals surface area (Å²) >= 11 is 11.1. The second-order valence-electron chi connectivity index (χ2n) is 4.75. The van der Waals surface area contributed by atoms with Gasteiger partial charge in [0.1, 0.15) is 11.6 Å². The van der Waals surface area contributed by atoms with Gasteiger partial charge in [-0.15, -0.1) is 0 Å². The number of aromatic nitrogens is 2. The largest absolute Gasteiger partial charge is 0.330 e. The van der Waals surface area contributed by atoms with Gasteiger partial charge in [-0.3, -0.25) is 0 Å². The first-order valence-electron chi connectivity index (χ1n) is 6.36. The van der Waals surface area contributed by atoms with Gasteiger partial charge in [-0.2, -0.15) is 0 Å². The van der Waals surface area contributed by atoms with Crippen molar-refractivity contribution in [2.24, 2.45) is 0 Å². The quantitative estimate of drug-likeness (QED) is 0.681. The summed E-state index contributed by atoms with van der Waals surface area (Å²) in [5.41, 5.74) is 2.21. The molecule has 1 N–H and O–H groups in total. The summed E-state index contributed by atoms with van der Waals surface area (Å²) in [6.45, 7) is 0.560. The Morgan fingerprint density at radius 3 is 2.76 bits per heavy atom. The van der Waals surface area contributed by atoms with E-state index in [1.807, 2.05) is 10.6 Å². The Labute approximate surface area is 130 Å². The molecule has 0 unspecified atom stereocenters. The first kappa shape index (κ1) is 14.2. The van der Waals surface area contributed by atoms with Gasteiger partial charge in [-0.05, 0) is 42.4 Å². The van der Waals surface area contributed by atoms with E-state index in [9.17, 15) is 8.78 Å². The van der Waals surface area contributed by atoms with Crippen molar-refractivity contribution in [3.63, 3.8) is 0 Å². The smallest absolute Gasteiger partial charge is 0.178 e. The van der Waals surface area contributed by atoms with Crippen LogP contribution in [0.1, 0.15) is 5.56 Å². The van der Waals surface area contributed by atoms with Gasteiger partial charge in [0.05, 0.1) is 16.1 Å². The molecule has 0 fully saturated rings. The van der Waals surface area contributed by atoms with Crippen LogP contribution in [0.15, 0.2) is 36.4 Å². The minimum absolute atomic E-state index is 0.0519. The molecule has 1 aromatic heterocycles. The minimum atomic E-state index is -0.488. The molecule has 0 bridgehead atoms. The molecule has 0 spiro atoms. The van der Waals surface area contributed by atoms with Crippen LogP contribution in [0.3, 0.4) is 0 Å². The van der Waals surface area contributed by atoms with Crippen molar-refractivity contribution < 1.29 is 8.78 Å². The molecule has 3 aromatic rings. The van der Waals surface area contributed by atoms with Crippen molar-refractivity contribution in [3.05, 3.63) is 63.4 Å². The average Bonchev–Trinajstić information content (AvgIpc) is 2.72. The Hall–Kier alpha value is -1.72. The number of aromatic amines is 1. The number of halogens is 3. The van der Waals surface area contributed by atoms with Gasteiger partial charge in [0.15, 0.2) is 4.77 Å². The lowest BCUT2D eigenvalue weighted by molar-refractivity contribution is 0.622. The normalized spacial score (nSPS) is 11.2. The topological polar surface area (TPSA) is 20.7 Å². The van der Waals surface area contributed by atoms with E-state index in [-0.39, 0.29) is 10.8 Å². The number of benzene rings is 2. The Bertz CT molecular complexity index is 870. The Morgan fingerprint density at radius 1 is 1.19 bits per heavy atom. The summed E-state index contributed by atoms with van der Waals surface area (Å²) in [7, 11) is 0. The Kier molecular flexibility index (Phi) is 3.78. The predicted molar refractivity (Wildman–Crippen MR) is 82.2 cm³/mol. The number of nitrogens with zero attached hydrogens (tertiary/aromatic N) is 1. The fourth-order valence-corrected chi connectivity index (χ4v) is 2.76. The van der Waals surface area contributed by atoms with Crippen LogP contribution < -0.4 is 0 Å². The number of nitrogens with one attached hydrogen (secondary N) is 1. The molecule has 0 saturated heterocycles. The summed E-state index contributed by atoms with van der Waals surface area (Å²) in [5.74, 6) is -0.752. The number of fused-ring (bicyclic) bond motifs is 1. The van der Waals surface area contributed by atoms with Crippen LogP contribution >= 0.6 is 23.8 Å². The van der Waals surface area contributed by atoms with Crippen molar-refractivity contribution >= 4 is 34.9 Å². The van der Waals surface area contributed by atoms with Crippen LogP contribution in [-0.4, -0.2) is 9.55 Å². The number of rotatable bonds is 3. The van der Waals surface area contributed by atoms with Crippen LogP contribution in [0.2, 0.25) is 5.02 Å². The van der Waals surface area contributed by atoms with Gasteiger partial charge in [-0.1, -0.05) is 23.7 Å². The maximum atomic E-state index is 13.4. The maximum absolute atomic E-state index is 13.4. The highest BCUT2D eigenvalue weighted by molar-refractivity contribution is 7.71. The first-order chi connectivity index (χ1) is 10.0. The molecule has 0 atom stereocenters. The molecular weight excluding hydrogens is 314 g/mol. The van der Waals surface area contributed by atoms with E-state index in [4.69, 9.17) is 23.8 Å². The summed E-state index contributed by atoms with van der Waals surface area (Å²) in [5, 5.41) is 0.0519. The van der Waals surface area contributed by atoms with E-state index in [0.717, 1.165) is 11.1 Å². The molecule has 0 radical (unpaired) electrons. The summed E-state index contributed by atoms with van der Waals surface area (Å²) in [6, 6.07) is 9.30. The molecule has 2 aromatic carbocycles. The molecule has 6 heteroatoms. The molecule has 21 heavy (non-hydrogen) atoms. The van der Waals surface area contributed by atoms with Crippen LogP contribution in [0, 0.1) is 16.4 Å². The summed E-state index contributed by atoms with van der Waals surface area (Å²) < 4.78 is 28.9. The standard InChI is InChI=1S/C15H11ClF2N2S/c16-11-7-14-13(8-12(11)18)19-15(21)20(14)5-4-9-2-1-3-10(17)6-9/h1-3,6-8H,4-5H2,(H,19,21). The Morgan fingerprint density at radius 2 is 2.00 bits per heavy atom. The molecule has 0 aliphatic rings. The van der Waals surface area contributed by atoms with E-state index in [0.29, 0.717) is 23.3 Å². The molecule has 2 nitrogen and oxygen atoms in total. The second-order valence-corrected chi connectivity index (χ2v) is 5.54. The van der Waals surface area contributed by atoms with Crippen LogP contribution in [0.4, 0.5) is 8.78 Å². The van der Waals surface area contributed by atoms with Crippen molar-refractivity contribution in [2.75, 3.05) is 0 Å². The number of H-pyrrole nitrogens is 1. The van der Waals surface area contributed by atoms with Crippen molar-refractivity contribution in [1.29, 1.82) is 0 Å². The molecule has 0 amide bonds. The highest BCUT2D eigenvalue weighted by atomic mass is 35.5. The van der Waals surface area contributed by atoms with Crippen LogP contribution in [-0.2, 0) is 13.0 Å². The fraction of sp³-hybridized carbons (Fsp3) is 0.133. The third kappa shape index (κ3) is 2.84. The molecule has 1 heterocycles. The SMILES string of the molecule is Fc1cccc(CCn2c(=S)[nH]c3cc(F)c(Cl)cc32)c1. The molecule has 0 aliphatic heterocycles. The lowest BCUT2D eigenvalue weighted by atomic mass is 10.1. The summed E-state index contributed by atoms with van der Waals surface area (Å²) in [6.07, 6.45) is 0.619. The fourth-order valence-electron chi connectivity index (χ4n) is 2.31. The highest BCUT2D eigenvalue weighted by Crippen LogP contribution is 2.23. The maximum Gasteiger partial charge on any atom is 0.178 e. The highest BCUT2D eigenvalue weighted by Gasteiger charge is 2.09. The predicted octanol–water partition coefficient (Wildman–Crippen LogP) is 4.87. The number of imidazole rings is 1. The average molecular weight is 325 g/mol. The zero-order chi connectivity index (χ0) is 15.0. The lowest BCUT2D eigenvalue weighted by Crippen LogP contribution is -2.01. The number of hydrogen-bond acceptors (Lipinski definition) is 1. The van der Waals surface area contributed by atoms with Gasteiger partial charge in [0, 0.05) is 12.6 Å². The zero-order valence-electron chi connectivity index (χ0n) is 10.9. The zero-order valence-corrected chi connectivity index (χ0v) is 12.4. The van der Waals surface area contributed by atoms with E-state index < -0.39 is 5.82 Å². The van der Waals surface area contributed by atoms with Crippen molar-refractivity contribution in [2.45, 2.75) is 13.0 Å². The molecular formula is C15H11ClF2N2S. The van der Waals surface area contributed by atoms with Crippen LogP contribution in [0.5, 0.6) is 0 Å². The van der Waals surface area contributed by atoms with E-state index in [2.05, 4.69) is 4.98 Å². The van der Waals surface area contributed by atoms with Gasteiger partial charge >= 0.3 is 0 Å². The molecule has 0 saturated carbocycles. The monoisotopic (exact) mass is 324 g/mol. The van der Waals surface area contributed by atoms with Crippen LogP contribution in [0.25, 0.3) is 11.0 Å². The van der Waals surface area contributed by atoms with Gasteiger partial charge in [-0.25, -0.2) is 8.78 Å². The summed E-state index contributed by atoms with van der Waals surface area (Å²) in [4.78, 5) is 2.95. The van der Waals surface area contributed by atoms with Crippen molar-refractivity contribution in [3.8, 4) is 0 Å². The Balaban J connectivity index is 1.95. The lowest BCUT2D eigenvalue weighted by Gasteiger charge is -2.05. The van der Waals surface area contributed by atoms with E-state index >= 15 is 0 Å². The third-order valence-corrected chi connectivity index (χ3v) is 3.94. The minimum Gasteiger partial charge on any atom is -0.330 e. The van der Waals surface area contributed by atoms with Gasteiger partial charge < -0.3 is 9.55 Å². The molecule has 0 aliphatic carbocycles. The third-order valence-electron chi connectivity index (χ3n) is 3.33. The first-order valence-corrected chi connectivity index (χ1v) is 7.15. The van der Waals surface area contributed by atoms with E-state index in [1.165, 1.54) is 18.2 Å². The van der Waals surface area contributed by atoms with Gasteiger partial charge in [0.25, 0.3) is 0 Å². The molecule has 3 rings (SSSR count). The van der Waals surface area contributed by atoms with Gasteiger partial charge in [0.2, 0.25) is 0 Å². The second kappa shape index (κ2) is 5.58. The number of hydrogen-bond donors (Lipinski definition) is 1. The van der Waals surface area contributed by atoms with E-state index in [1.54, 1.807) is 12.1 Å². The number of aryl methyl sites for hydroxylation is 2. The molecule has 108 valence electrons.